The van der Waals surface area contributed by atoms with Gasteiger partial charge < -0.3 is 4.74 Å². The van der Waals surface area contributed by atoms with E-state index >= 15 is 0 Å². The first-order valence-corrected chi connectivity index (χ1v) is 9.11. The van der Waals surface area contributed by atoms with E-state index in [1.807, 2.05) is 0 Å². The summed E-state index contributed by atoms with van der Waals surface area (Å²) in [7, 11) is -4.95. The average molecular weight is 362 g/mol. The van der Waals surface area contributed by atoms with Crippen molar-refractivity contribution in [2.75, 3.05) is 5.75 Å². The van der Waals surface area contributed by atoms with Gasteiger partial charge in [-0.05, 0) is 19.3 Å². The van der Waals surface area contributed by atoms with E-state index in [0.29, 0.717) is 25.7 Å². The Morgan fingerprint density at radius 2 is 1.65 bits per heavy atom. The molecule has 23 heavy (non-hydrogen) atoms. The number of unbranched alkanes of at least 4 members (excludes halogenated alkanes) is 3. The second-order valence-corrected chi connectivity index (χ2v) is 7.73. The quantitative estimate of drug-likeness (QED) is 0.364. The maximum atomic E-state index is 12.9. The Kier molecular flexibility index (Phi) is 8.54. The summed E-state index contributed by atoms with van der Waals surface area (Å²) in [6.07, 6.45) is -1.37. The van der Waals surface area contributed by atoms with Gasteiger partial charge >= 0.3 is 12.1 Å². The van der Waals surface area contributed by atoms with Crippen molar-refractivity contribution in [3.05, 3.63) is 0 Å². The molecule has 0 radical (unpaired) electrons. The van der Waals surface area contributed by atoms with Gasteiger partial charge in [0.15, 0.2) is 0 Å². The van der Waals surface area contributed by atoms with Crippen molar-refractivity contribution in [2.24, 2.45) is 5.92 Å². The Bertz CT molecular complexity index is 473. The van der Waals surface area contributed by atoms with Crippen LogP contribution in [-0.2, 0) is 19.6 Å². The van der Waals surface area contributed by atoms with Crippen LogP contribution in [0.3, 0.4) is 0 Å². The number of halogens is 3. The van der Waals surface area contributed by atoms with Gasteiger partial charge in [-0.15, -0.1) is 0 Å². The van der Waals surface area contributed by atoms with Crippen molar-refractivity contribution in [2.45, 2.75) is 71.1 Å². The zero-order valence-corrected chi connectivity index (χ0v) is 14.5. The average Bonchev–Trinajstić information content (AvgIpc) is 2.29. The van der Waals surface area contributed by atoms with Crippen LogP contribution in [0, 0.1) is 5.92 Å². The molecule has 0 aliphatic rings. The van der Waals surface area contributed by atoms with Crippen molar-refractivity contribution in [3.8, 4) is 0 Å². The number of hydrogen-bond acceptors (Lipinski definition) is 4. The molecule has 138 valence electrons. The Hall–Kier alpha value is -0.830. The summed E-state index contributed by atoms with van der Waals surface area (Å²) in [5.74, 6) is -2.27. The third-order valence-corrected chi connectivity index (χ3v) is 4.22. The van der Waals surface area contributed by atoms with Crippen molar-refractivity contribution in [1.82, 2.24) is 0 Å². The van der Waals surface area contributed by atoms with Crippen LogP contribution in [0.2, 0.25) is 0 Å². The first-order chi connectivity index (χ1) is 10.3. The zero-order valence-electron chi connectivity index (χ0n) is 13.6. The molecule has 0 spiro atoms. The van der Waals surface area contributed by atoms with E-state index < -0.39 is 33.6 Å². The lowest BCUT2D eigenvalue weighted by atomic mass is 10.0. The van der Waals surface area contributed by atoms with Crippen LogP contribution >= 0.6 is 0 Å². The van der Waals surface area contributed by atoms with Gasteiger partial charge in [0.05, 0.1) is 0 Å². The van der Waals surface area contributed by atoms with Crippen molar-refractivity contribution in [3.63, 3.8) is 0 Å². The molecule has 0 heterocycles. The van der Waals surface area contributed by atoms with E-state index in [4.69, 9.17) is 4.55 Å². The van der Waals surface area contributed by atoms with E-state index in [2.05, 4.69) is 18.6 Å². The minimum atomic E-state index is -5.10. The molecule has 1 N–H and O–H groups in total. The second-order valence-electron chi connectivity index (χ2n) is 6.28. The standard InChI is InChI=1S/C14H25F3O5S/c1-11(2)8-6-4-5-7-9-12(18)22-13(3,14(15,16)17)10-23(19,20)21/h11H,4-10H2,1-3H3,(H,19,20,21). The van der Waals surface area contributed by atoms with Gasteiger partial charge in [-0.25, -0.2) is 0 Å². The predicted octanol–water partition coefficient (Wildman–Crippen LogP) is 3.74. The fraction of sp³-hybridized carbons (Fsp3) is 0.929. The van der Waals surface area contributed by atoms with Crippen LogP contribution in [0.25, 0.3) is 0 Å². The highest BCUT2D eigenvalue weighted by molar-refractivity contribution is 7.85. The SMILES string of the molecule is CC(C)CCCCCCC(=O)OC(C)(CS(=O)(=O)O)C(F)(F)F. The summed E-state index contributed by atoms with van der Waals surface area (Å²) in [6, 6.07) is 0. The van der Waals surface area contributed by atoms with Crippen LogP contribution in [0.1, 0.15) is 59.3 Å². The maximum Gasteiger partial charge on any atom is 0.429 e. The van der Waals surface area contributed by atoms with Crippen LogP contribution in [0.5, 0.6) is 0 Å². The first-order valence-electron chi connectivity index (χ1n) is 7.50. The summed E-state index contributed by atoms with van der Waals surface area (Å²) in [6.45, 7) is 4.61. The molecule has 0 aromatic rings. The molecule has 0 rings (SSSR count). The number of alkyl halides is 3. The molecule has 1 unspecified atom stereocenters. The first kappa shape index (κ1) is 22.2. The summed E-state index contributed by atoms with van der Waals surface area (Å²) >= 11 is 0. The number of esters is 1. The molecule has 0 fully saturated rings. The Morgan fingerprint density at radius 3 is 2.09 bits per heavy atom. The van der Waals surface area contributed by atoms with E-state index in [9.17, 15) is 26.4 Å². The lowest BCUT2D eigenvalue weighted by molar-refractivity contribution is -0.256. The summed E-state index contributed by atoms with van der Waals surface area (Å²) < 4.78 is 73.1. The third kappa shape index (κ3) is 9.80. The van der Waals surface area contributed by atoms with Gasteiger partial charge in [-0.3, -0.25) is 9.35 Å². The molecule has 0 aliphatic heterocycles. The monoisotopic (exact) mass is 362 g/mol. The maximum absolute atomic E-state index is 12.9. The highest BCUT2D eigenvalue weighted by Crippen LogP contribution is 2.35. The van der Waals surface area contributed by atoms with Crippen molar-refractivity contribution >= 4 is 16.1 Å². The minimum absolute atomic E-state index is 0.223. The number of ether oxygens (including phenoxy) is 1. The normalized spacial score (nSPS) is 15.5. The Balaban J connectivity index is 4.41. The van der Waals surface area contributed by atoms with Gasteiger partial charge in [0.1, 0.15) is 5.75 Å². The fourth-order valence-corrected chi connectivity index (χ4v) is 2.91. The van der Waals surface area contributed by atoms with Crippen LogP contribution in [-0.4, -0.2) is 36.5 Å². The van der Waals surface area contributed by atoms with Gasteiger partial charge in [0.25, 0.3) is 10.1 Å². The highest BCUT2D eigenvalue weighted by Gasteiger charge is 2.56. The molecule has 0 aromatic heterocycles. The van der Waals surface area contributed by atoms with E-state index in [0.717, 1.165) is 19.3 Å². The number of hydrogen-bond donors (Lipinski definition) is 1. The minimum Gasteiger partial charge on any atom is -0.448 e. The third-order valence-electron chi connectivity index (χ3n) is 3.31. The molecule has 9 heteroatoms. The van der Waals surface area contributed by atoms with Crippen LogP contribution < -0.4 is 0 Å². The van der Waals surface area contributed by atoms with Gasteiger partial charge in [-0.1, -0.05) is 39.5 Å². The van der Waals surface area contributed by atoms with Gasteiger partial charge in [-0.2, -0.15) is 21.6 Å². The van der Waals surface area contributed by atoms with Crippen LogP contribution in [0.4, 0.5) is 13.2 Å². The van der Waals surface area contributed by atoms with Crippen molar-refractivity contribution in [1.29, 1.82) is 0 Å². The molecular formula is C14H25F3O5S. The number of carbonyl (C=O) groups is 1. The number of rotatable bonds is 10. The smallest absolute Gasteiger partial charge is 0.429 e. The molecule has 0 aliphatic carbocycles. The molecule has 1 atom stereocenters. The number of carbonyl (C=O) groups excluding carboxylic acids is 1. The topological polar surface area (TPSA) is 80.7 Å². The largest absolute Gasteiger partial charge is 0.448 e. The van der Waals surface area contributed by atoms with Gasteiger partial charge in [0.2, 0.25) is 5.60 Å². The highest BCUT2D eigenvalue weighted by atomic mass is 32.2. The molecule has 5 nitrogen and oxygen atoms in total. The fourth-order valence-electron chi connectivity index (χ4n) is 1.99. The molecule has 0 bridgehead atoms. The predicted molar refractivity (Wildman–Crippen MR) is 79.5 cm³/mol. The zero-order chi connectivity index (χ0) is 18.3. The summed E-state index contributed by atoms with van der Waals surface area (Å²) in [5, 5.41) is 0. The lowest BCUT2D eigenvalue weighted by Gasteiger charge is -2.30. The summed E-state index contributed by atoms with van der Waals surface area (Å²) in [4.78, 5) is 11.5. The molecule has 0 saturated heterocycles. The van der Waals surface area contributed by atoms with Crippen LogP contribution in [0.15, 0.2) is 0 Å². The molecular weight excluding hydrogens is 337 g/mol. The molecule has 0 saturated carbocycles. The summed E-state index contributed by atoms with van der Waals surface area (Å²) in [5.41, 5.74) is -3.25. The lowest BCUT2D eigenvalue weighted by Crippen LogP contribution is -2.51. The van der Waals surface area contributed by atoms with E-state index in [-0.39, 0.29) is 6.42 Å². The molecule has 0 amide bonds. The Morgan fingerprint density at radius 1 is 1.13 bits per heavy atom. The molecule has 0 aromatic carbocycles. The van der Waals surface area contributed by atoms with Gasteiger partial charge in [0, 0.05) is 6.42 Å². The Labute approximate surface area is 135 Å². The van der Waals surface area contributed by atoms with Crippen molar-refractivity contribution < 1.29 is 35.7 Å². The van der Waals surface area contributed by atoms with E-state index in [1.54, 1.807) is 0 Å². The van der Waals surface area contributed by atoms with E-state index in [1.165, 1.54) is 0 Å². The second kappa shape index (κ2) is 8.86.